The fourth-order valence-corrected chi connectivity index (χ4v) is 3.16. The van der Waals surface area contributed by atoms with Crippen LogP contribution in [0.3, 0.4) is 0 Å². The number of carbonyl (C=O) groups is 1. The van der Waals surface area contributed by atoms with Crippen LogP contribution in [0.15, 0.2) is 72.8 Å². The quantitative estimate of drug-likeness (QED) is 0.500. The van der Waals surface area contributed by atoms with Crippen molar-refractivity contribution < 1.29 is 14.6 Å². The summed E-state index contributed by atoms with van der Waals surface area (Å²) in [5.41, 5.74) is 3.41. The van der Waals surface area contributed by atoms with E-state index in [9.17, 15) is 9.90 Å². The lowest BCUT2D eigenvalue weighted by molar-refractivity contribution is -0.137. The maximum atomic E-state index is 11.3. The van der Waals surface area contributed by atoms with E-state index in [-0.39, 0.29) is 6.54 Å². The third-order valence-electron chi connectivity index (χ3n) is 4.38. The van der Waals surface area contributed by atoms with Gasteiger partial charge >= 0.3 is 5.97 Å². The third-order valence-corrected chi connectivity index (χ3v) is 4.63. The first-order valence-electron chi connectivity index (χ1n) is 8.75. The van der Waals surface area contributed by atoms with Crippen molar-refractivity contribution in [3.63, 3.8) is 0 Å². The van der Waals surface area contributed by atoms with Gasteiger partial charge in [0.05, 0.1) is 11.0 Å². The Kier molecular flexibility index (Phi) is 5.00. The van der Waals surface area contributed by atoms with Gasteiger partial charge in [-0.3, -0.25) is 4.79 Å². The molecule has 28 heavy (non-hydrogen) atoms. The van der Waals surface area contributed by atoms with Crippen LogP contribution in [0.2, 0.25) is 5.02 Å². The van der Waals surface area contributed by atoms with Crippen LogP contribution >= 0.6 is 11.6 Å². The minimum absolute atomic E-state index is 0.148. The smallest absolute Gasteiger partial charge is 0.323 e. The Hall–Kier alpha value is -3.31. The van der Waals surface area contributed by atoms with E-state index in [1.54, 1.807) is 4.57 Å². The molecule has 1 heterocycles. The summed E-state index contributed by atoms with van der Waals surface area (Å²) in [6.07, 6.45) is 0. The molecular formula is C22H17ClN2O3. The van der Waals surface area contributed by atoms with E-state index in [0.717, 1.165) is 27.9 Å². The van der Waals surface area contributed by atoms with Gasteiger partial charge in [-0.2, -0.15) is 0 Å². The van der Waals surface area contributed by atoms with Crippen LogP contribution in [0.25, 0.3) is 22.4 Å². The first-order chi connectivity index (χ1) is 13.6. The fraction of sp³-hybridized carbons (Fsp3) is 0.0909. The molecule has 3 aromatic carbocycles. The van der Waals surface area contributed by atoms with Gasteiger partial charge in [-0.15, -0.1) is 0 Å². The number of ether oxygens (including phenoxy) is 1. The van der Waals surface area contributed by atoms with Crippen molar-refractivity contribution >= 4 is 28.6 Å². The summed E-state index contributed by atoms with van der Waals surface area (Å²) in [5.74, 6) is 0.430. The van der Waals surface area contributed by atoms with Crippen molar-refractivity contribution in [1.82, 2.24) is 9.55 Å². The molecule has 1 aromatic heterocycles. The zero-order valence-electron chi connectivity index (χ0n) is 14.9. The fourth-order valence-electron chi connectivity index (χ4n) is 3.04. The average molecular weight is 393 g/mol. The summed E-state index contributed by atoms with van der Waals surface area (Å²) in [6, 6.07) is 22.5. The van der Waals surface area contributed by atoms with Gasteiger partial charge in [0.25, 0.3) is 0 Å². The number of rotatable bonds is 6. The molecule has 6 heteroatoms. The van der Waals surface area contributed by atoms with Crippen LogP contribution in [0.1, 0.15) is 5.56 Å². The Labute approximate surface area is 166 Å². The highest BCUT2D eigenvalue weighted by Crippen LogP contribution is 2.26. The van der Waals surface area contributed by atoms with E-state index in [1.807, 2.05) is 72.8 Å². The van der Waals surface area contributed by atoms with E-state index < -0.39 is 5.97 Å². The lowest BCUT2D eigenvalue weighted by Gasteiger charge is -2.09. The summed E-state index contributed by atoms with van der Waals surface area (Å²) in [7, 11) is 0. The van der Waals surface area contributed by atoms with Gasteiger partial charge in [0.2, 0.25) is 0 Å². The van der Waals surface area contributed by atoms with Gasteiger partial charge in [-0.05, 0) is 54.1 Å². The summed E-state index contributed by atoms with van der Waals surface area (Å²) >= 11 is 5.89. The van der Waals surface area contributed by atoms with Crippen LogP contribution in [0.4, 0.5) is 0 Å². The maximum Gasteiger partial charge on any atom is 0.323 e. The Morgan fingerprint density at radius 3 is 2.43 bits per heavy atom. The van der Waals surface area contributed by atoms with Crippen LogP contribution < -0.4 is 4.74 Å². The average Bonchev–Trinajstić information content (AvgIpc) is 3.06. The normalized spacial score (nSPS) is 10.9. The molecule has 0 radical (unpaired) electrons. The monoisotopic (exact) mass is 392 g/mol. The summed E-state index contributed by atoms with van der Waals surface area (Å²) in [6.45, 7) is 0.290. The van der Waals surface area contributed by atoms with Gasteiger partial charge in [-0.25, -0.2) is 4.98 Å². The number of para-hydroxylation sites is 2. The van der Waals surface area contributed by atoms with Crippen molar-refractivity contribution in [3.05, 3.63) is 83.4 Å². The summed E-state index contributed by atoms with van der Waals surface area (Å²) < 4.78 is 7.52. The lowest BCUT2D eigenvalue weighted by atomic mass is 10.2. The number of aromatic nitrogens is 2. The number of halogens is 1. The topological polar surface area (TPSA) is 64.3 Å². The van der Waals surface area contributed by atoms with Crippen molar-refractivity contribution in [2.45, 2.75) is 13.2 Å². The minimum atomic E-state index is -0.910. The van der Waals surface area contributed by atoms with Crippen molar-refractivity contribution in [3.8, 4) is 17.1 Å². The van der Waals surface area contributed by atoms with Gasteiger partial charge in [0.15, 0.2) is 0 Å². The lowest BCUT2D eigenvalue weighted by Crippen LogP contribution is -2.10. The van der Waals surface area contributed by atoms with E-state index in [1.165, 1.54) is 0 Å². The Balaban J connectivity index is 1.58. The van der Waals surface area contributed by atoms with Crippen molar-refractivity contribution in [2.24, 2.45) is 0 Å². The molecule has 0 atom stereocenters. The van der Waals surface area contributed by atoms with Crippen LogP contribution in [-0.2, 0) is 17.9 Å². The molecule has 0 saturated heterocycles. The number of benzene rings is 3. The van der Waals surface area contributed by atoms with Gasteiger partial charge in [0, 0.05) is 10.6 Å². The molecule has 0 spiro atoms. The first-order valence-corrected chi connectivity index (χ1v) is 9.13. The van der Waals surface area contributed by atoms with Gasteiger partial charge in [0.1, 0.15) is 24.7 Å². The van der Waals surface area contributed by atoms with Crippen molar-refractivity contribution in [1.29, 1.82) is 0 Å². The first kappa shape index (κ1) is 18.1. The van der Waals surface area contributed by atoms with Crippen molar-refractivity contribution in [2.75, 3.05) is 0 Å². The second-order valence-corrected chi connectivity index (χ2v) is 6.78. The molecule has 0 fully saturated rings. The molecule has 140 valence electrons. The molecule has 0 unspecified atom stereocenters. The molecule has 5 nitrogen and oxygen atoms in total. The second-order valence-electron chi connectivity index (χ2n) is 6.34. The molecule has 4 aromatic rings. The Bertz CT molecular complexity index is 1120. The number of carboxylic acids is 1. The molecule has 0 saturated carbocycles. The highest BCUT2D eigenvalue weighted by Gasteiger charge is 2.14. The minimum Gasteiger partial charge on any atom is -0.489 e. The zero-order chi connectivity index (χ0) is 19.5. The SMILES string of the molecule is O=C(O)Cn1c(-c2ccc(OCc3ccc(Cl)cc3)cc2)nc2ccccc21. The van der Waals surface area contributed by atoms with E-state index in [4.69, 9.17) is 16.3 Å². The molecule has 0 aliphatic rings. The molecular weight excluding hydrogens is 376 g/mol. The number of imidazole rings is 1. The Morgan fingerprint density at radius 1 is 1.00 bits per heavy atom. The number of hydrogen-bond acceptors (Lipinski definition) is 3. The molecule has 0 aliphatic carbocycles. The number of aliphatic carboxylic acids is 1. The maximum absolute atomic E-state index is 11.3. The van der Waals surface area contributed by atoms with Crippen LogP contribution in [0, 0.1) is 0 Å². The number of hydrogen-bond donors (Lipinski definition) is 1. The summed E-state index contributed by atoms with van der Waals surface area (Å²) in [5, 5.41) is 9.97. The molecule has 4 rings (SSSR count). The van der Waals surface area contributed by atoms with E-state index in [2.05, 4.69) is 4.98 Å². The van der Waals surface area contributed by atoms with Gasteiger partial charge < -0.3 is 14.4 Å². The number of fused-ring (bicyclic) bond motifs is 1. The standard InChI is InChI=1S/C22H17ClN2O3/c23-17-9-5-15(6-10-17)14-28-18-11-7-16(8-12-18)22-24-19-3-1-2-4-20(19)25(22)13-21(26)27/h1-12H,13-14H2,(H,26,27). The molecule has 0 amide bonds. The number of nitrogens with zero attached hydrogens (tertiary/aromatic N) is 2. The predicted molar refractivity (Wildman–Crippen MR) is 109 cm³/mol. The zero-order valence-corrected chi connectivity index (χ0v) is 15.6. The molecule has 1 N–H and O–H groups in total. The van der Waals surface area contributed by atoms with Crippen LogP contribution in [-0.4, -0.2) is 20.6 Å². The number of carboxylic acid groups (broad SMARTS) is 1. The third kappa shape index (κ3) is 3.85. The second kappa shape index (κ2) is 7.74. The highest BCUT2D eigenvalue weighted by molar-refractivity contribution is 6.30. The Morgan fingerprint density at radius 2 is 1.71 bits per heavy atom. The van der Waals surface area contributed by atoms with Crippen LogP contribution in [0.5, 0.6) is 5.75 Å². The molecule has 0 bridgehead atoms. The van der Waals surface area contributed by atoms with E-state index >= 15 is 0 Å². The van der Waals surface area contributed by atoms with Gasteiger partial charge in [-0.1, -0.05) is 35.9 Å². The summed E-state index contributed by atoms with van der Waals surface area (Å²) in [4.78, 5) is 15.9. The predicted octanol–water partition coefficient (Wildman–Crippen LogP) is 5.02. The highest BCUT2D eigenvalue weighted by atomic mass is 35.5. The molecule has 0 aliphatic heterocycles. The van der Waals surface area contributed by atoms with E-state index in [0.29, 0.717) is 17.5 Å². The largest absolute Gasteiger partial charge is 0.489 e.